The van der Waals surface area contributed by atoms with Gasteiger partial charge in [0.1, 0.15) is 0 Å². The van der Waals surface area contributed by atoms with Crippen molar-refractivity contribution in [2.24, 2.45) is 0 Å². The standard InChI is InChI=1S/C9H6N2O4S/c10-4-5-1-6(3-8(12)13)9(11(14)15)7(16)2-5/h1-2,16H,3H2,(H,12,13). The Labute approximate surface area is 95.7 Å². The van der Waals surface area contributed by atoms with Gasteiger partial charge in [-0.25, -0.2) is 0 Å². The van der Waals surface area contributed by atoms with Crippen molar-refractivity contribution in [3.05, 3.63) is 33.4 Å². The molecule has 6 nitrogen and oxygen atoms in total. The van der Waals surface area contributed by atoms with E-state index in [2.05, 4.69) is 12.6 Å². The highest BCUT2D eigenvalue weighted by Gasteiger charge is 2.21. The number of rotatable bonds is 3. The van der Waals surface area contributed by atoms with E-state index in [0.717, 1.165) is 0 Å². The van der Waals surface area contributed by atoms with Crippen LogP contribution in [-0.4, -0.2) is 16.0 Å². The number of carbonyl (C=O) groups is 1. The van der Waals surface area contributed by atoms with Crippen molar-refractivity contribution < 1.29 is 14.8 Å². The Hall–Kier alpha value is -2.07. The number of benzene rings is 1. The smallest absolute Gasteiger partial charge is 0.308 e. The molecule has 82 valence electrons. The van der Waals surface area contributed by atoms with E-state index in [9.17, 15) is 14.9 Å². The second kappa shape index (κ2) is 4.63. The molecule has 0 saturated carbocycles. The average Bonchev–Trinajstić information content (AvgIpc) is 2.14. The van der Waals surface area contributed by atoms with Crippen molar-refractivity contribution in [3.8, 4) is 6.07 Å². The first-order valence-electron chi connectivity index (χ1n) is 4.08. The van der Waals surface area contributed by atoms with Crippen LogP contribution in [0.5, 0.6) is 0 Å². The Morgan fingerprint density at radius 1 is 1.62 bits per heavy atom. The van der Waals surface area contributed by atoms with Crippen LogP contribution in [0.1, 0.15) is 11.1 Å². The van der Waals surface area contributed by atoms with Gasteiger partial charge in [-0.15, -0.1) is 12.6 Å². The molecule has 0 heterocycles. The molecule has 0 aliphatic carbocycles. The topological polar surface area (TPSA) is 104 Å². The summed E-state index contributed by atoms with van der Waals surface area (Å²) in [5, 5.41) is 28.0. The largest absolute Gasteiger partial charge is 0.481 e. The summed E-state index contributed by atoms with van der Waals surface area (Å²) in [6.07, 6.45) is -0.514. The number of hydrogen-bond acceptors (Lipinski definition) is 5. The van der Waals surface area contributed by atoms with Gasteiger partial charge >= 0.3 is 5.97 Å². The maximum atomic E-state index is 10.7. The monoisotopic (exact) mass is 238 g/mol. The first-order chi connectivity index (χ1) is 7.45. The molecule has 0 atom stereocenters. The lowest BCUT2D eigenvalue weighted by Gasteiger charge is -2.03. The molecule has 0 spiro atoms. The van der Waals surface area contributed by atoms with Crippen LogP contribution in [0.25, 0.3) is 0 Å². The molecular weight excluding hydrogens is 232 g/mol. The summed E-state index contributed by atoms with van der Waals surface area (Å²) < 4.78 is 0. The number of nitriles is 1. The molecule has 0 unspecified atom stereocenters. The number of nitro benzene ring substituents is 1. The molecule has 0 aliphatic rings. The number of thiol groups is 1. The minimum Gasteiger partial charge on any atom is -0.481 e. The maximum Gasteiger partial charge on any atom is 0.308 e. The van der Waals surface area contributed by atoms with Crippen LogP contribution in [-0.2, 0) is 11.2 Å². The summed E-state index contributed by atoms with van der Waals surface area (Å²) in [7, 11) is 0. The minimum absolute atomic E-state index is 0.0136. The normalized spacial score (nSPS) is 9.50. The fourth-order valence-corrected chi connectivity index (χ4v) is 1.62. The van der Waals surface area contributed by atoms with Crippen LogP contribution in [0.2, 0.25) is 0 Å². The van der Waals surface area contributed by atoms with Crippen molar-refractivity contribution in [1.29, 1.82) is 5.26 Å². The van der Waals surface area contributed by atoms with Gasteiger partial charge < -0.3 is 5.11 Å². The highest BCUT2D eigenvalue weighted by Crippen LogP contribution is 2.28. The molecule has 1 rings (SSSR count). The third-order valence-electron chi connectivity index (χ3n) is 1.82. The summed E-state index contributed by atoms with van der Waals surface area (Å²) in [5.74, 6) is -1.20. The second-order valence-electron chi connectivity index (χ2n) is 2.94. The van der Waals surface area contributed by atoms with E-state index in [-0.39, 0.29) is 21.7 Å². The van der Waals surface area contributed by atoms with E-state index >= 15 is 0 Å². The van der Waals surface area contributed by atoms with Crippen LogP contribution in [0.3, 0.4) is 0 Å². The fourth-order valence-electron chi connectivity index (χ4n) is 1.25. The zero-order valence-electron chi connectivity index (χ0n) is 7.88. The summed E-state index contributed by atoms with van der Waals surface area (Å²) in [6.45, 7) is 0. The molecule has 0 bridgehead atoms. The van der Waals surface area contributed by atoms with E-state index in [1.165, 1.54) is 12.1 Å². The highest BCUT2D eigenvalue weighted by atomic mass is 32.1. The van der Waals surface area contributed by atoms with Gasteiger partial charge in [-0.3, -0.25) is 14.9 Å². The summed E-state index contributed by atoms with van der Waals surface area (Å²) in [5.41, 5.74) is -0.252. The van der Waals surface area contributed by atoms with Crippen LogP contribution in [0.4, 0.5) is 5.69 Å². The summed E-state index contributed by atoms with van der Waals surface area (Å²) in [6, 6.07) is 4.20. The molecule has 0 radical (unpaired) electrons. The van der Waals surface area contributed by atoms with Gasteiger partial charge in [0.05, 0.1) is 27.9 Å². The molecule has 7 heteroatoms. The van der Waals surface area contributed by atoms with Crippen LogP contribution in [0.15, 0.2) is 17.0 Å². The summed E-state index contributed by atoms with van der Waals surface area (Å²) in [4.78, 5) is 20.5. The number of nitro groups is 1. The molecule has 0 aliphatic heterocycles. The van der Waals surface area contributed by atoms with Gasteiger partial charge in [0.25, 0.3) is 5.69 Å². The van der Waals surface area contributed by atoms with Crippen molar-refractivity contribution in [3.63, 3.8) is 0 Å². The molecule has 1 N–H and O–H groups in total. The zero-order chi connectivity index (χ0) is 12.3. The maximum absolute atomic E-state index is 10.7. The fraction of sp³-hybridized carbons (Fsp3) is 0.111. The quantitative estimate of drug-likeness (QED) is 0.470. The van der Waals surface area contributed by atoms with Gasteiger partial charge in [0, 0.05) is 5.56 Å². The predicted octanol–water partition coefficient (Wildman–Crippen LogP) is 1.38. The molecule has 1 aromatic rings. The molecule has 16 heavy (non-hydrogen) atoms. The molecular formula is C9H6N2O4S. The highest BCUT2D eigenvalue weighted by molar-refractivity contribution is 7.80. The average molecular weight is 238 g/mol. The molecule has 0 saturated heterocycles. The number of nitrogens with zero attached hydrogens (tertiary/aromatic N) is 2. The first-order valence-corrected chi connectivity index (χ1v) is 4.52. The van der Waals surface area contributed by atoms with Gasteiger partial charge in [0.2, 0.25) is 0 Å². The number of carboxylic acid groups (broad SMARTS) is 1. The van der Waals surface area contributed by atoms with Crippen molar-refractivity contribution in [2.75, 3.05) is 0 Å². The lowest BCUT2D eigenvalue weighted by molar-refractivity contribution is -0.388. The van der Waals surface area contributed by atoms with Gasteiger partial charge in [-0.05, 0) is 12.1 Å². The van der Waals surface area contributed by atoms with Gasteiger partial charge in [0.15, 0.2) is 0 Å². The van der Waals surface area contributed by atoms with Crippen LogP contribution >= 0.6 is 12.6 Å². The SMILES string of the molecule is N#Cc1cc(S)c([N+](=O)[O-])c(CC(=O)O)c1. The number of aliphatic carboxylic acids is 1. The zero-order valence-corrected chi connectivity index (χ0v) is 8.77. The van der Waals surface area contributed by atoms with E-state index in [1.54, 1.807) is 6.07 Å². The van der Waals surface area contributed by atoms with E-state index in [0.29, 0.717) is 0 Å². The Balaban J connectivity index is 3.41. The Morgan fingerprint density at radius 2 is 2.25 bits per heavy atom. The molecule has 0 fully saturated rings. The molecule has 0 aromatic heterocycles. The Kier molecular flexibility index (Phi) is 3.48. The lowest BCUT2D eigenvalue weighted by atomic mass is 10.1. The van der Waals surface area contributed by atoms with E-state index in [1.807, 2.05) is 0 Å². The molecule has 1 aromatic carbocycles. The van der Waals surface area contributed by atoms with Crippen molar-refractivity contribution >= 4 is 24.3 Å². The van der Waals surface area contributed by atoms with Gasteiger partial charge in [-0.2, -0.15) is 5.26 Å². The van der Waals surface area contributed by atoms with E-state index in [4.69, 9.17) is 10.4 Å². The Bertz CT molecular complexity index is 507. The van der Waals surface area contributed by atoms with E-state index < -0.39 is 17.3 Å². The third kappa shape index (κ3) is 2.49. The third-order valence-corrected chi connectivity index (χ3v) is 2.16. The molecule has 0 amide bonds. The number of hydrogen-bond donors (Lipinski definition) is 2. The predicted molar refractivity (Wildman–Crippen MR) is 56.4 cm³/mol. The van der Waals surface area contributed by atoms with Crippen molar-refractivity contribution in [1.82, 2.24) is 0 Å². The first kappa shape index (κ1) is 12.0. The van der Waals surface area contributed by atoms with Gasteiger partial charge in [-0.1, -0.05) is 0 Å². The minimum atomic E-state index is -1.20. The lowest BCUT2D eigenvalue weighted by Crippen LogP contribution is -2.05. The second-order valence-corrected chi connectivity index (χ2v) is 3.42. The van der Waals surface area contributed by atoms with Crippen LogP contribution in [0, 0.1) is 21.4 Å². The van der Waals surface area contributed by atoms with Crippen molar-refractivity contribution in [2.45, 2.75) is 11.3 Å². The van der Waals surface area contributed by atoms with Crippen LogP contribution < -0.4 is 0 Å². The Morgan fingerprint density at radius 3 is 2.69 bits per heavy atom. The summed E-state index contributed by atoms with van der Waals surface area (Å²) >= 11 is 3.87. The number of carboxylic acids is 1.